The van der Waals surface area contributed by atoms with Crippen LogP contribution < -0.4 is 10.6 Å². The Morgan fingerprint density at radius 1 is 1.31 bits per heavy atom. The molecule has 0 aliphatic carbocycles. The molecule has 0 bridgehead atoms. The number of ether oxygens (including phenoxy) is 1. The summed E-state index contributed by atoms with van der Waals surface area (Å²) in [4.78, 5) is 0. The molecule has 0 radical (unpaired) electrons. The molecule has 0 aliphatic heterocycles. The molecule has 1 rings (SSSR count). The standard InChI is InChI=1S/C11H16ClFN2O/c1-16-7-6-14-4-5-15-9-2-3-11(13)10(12)8-9/h2-3,8,14-15H,4-7H2,1H3. The molecule has 0 aliphatic rings. The highest BCUT2D eigenvalue weighted by molar-refractivity contribution is 6.31. The average molecular weight is 247 g/mol. The largest absolute Gasteiger partial charge is 0.384 e. The van der Waals surface area contributed by atoms with Crippen molar-refractivity contribution in [3.8, 4) is 0 Å². The molecule has 1 aromatic rings. The second-order valence-electron chi connectivity index (χ2n) is 3.30. The van der Waals surface area contributed by atoms with Gasteiger partial charge in [0.05, 0.1) is 11.6 Å². The van der Waals surface area contributed by atoms with Crippen molar-refractivity contribution in [1.29, 1.82) is 0 Å². The summed E-state index contributed by atoms with van der Waals surface area (Å²) in [5.74, 6) is -0.398. The van der Waals surface area contributed by atoms with Gasteiger partial charge >= 0.3 is 0 Å². The smallest absolute Gasteiger partial charge is 0.141 e. The van der Waals surface area contributed by atoms with E-state index in [2.05, 4.69) is 10.6 Å². The summed E-state index contributed by atoms with van der Waals surface area (Å²) in [6.45, 7) is 3.09. The van der Waals surface area contributed by atoms with Gasteiger partial charge in [-0.2, -0.15) is 0 Å². The number of anilines is 1. The zero-order valence-electron chi connectivity index (χ0n) is 9.22. The van der Waals surface area contributed by atoms with Gasteiger partial charge in [-0.3, -0.25) is 0 Å². The molecule has 90 valence electrons. The first-order valence-corrected chi connectivity index (χ1v) is 5.50. The molecule has 0 heterocycles. The van der Waals surface area contributed by atoms with Crippen molar-refractivity contribution in [2.45, 2.75) is 0 Å². The molecule has 1 aromatic carbocycles. The maximum Gasteiger partial charge on any atom is 0.141 e. The SMILES string of the molecule is COCCNCCNc1ccc(F)c(Cl)c1. The summed E-state index contributed by atoms with van der Waals surface area (Å²) in [6, 6.07) is 4.59. The van der Waals surface area contributed by atoms with Crippen molar-refractivity contribution >= 4 is 17.3 Å². The molecule has 5 heteroatoms. The molecule has 3 nitrogen and oxygen atoms in total. The van der Waals surface area contributed by atoms with Gasteiger partial charge in [-0.15, -0.1) is 0 Å². The van der Waals surface area contributed by atoms with E-state index < -0.39 is 5.82 Å². The van der Waals surface area contributed by atoms with E-state index in [0.29, 0.717) is 6.61 Å². The van der Waals surface area contributed by atoms with Crippen LogP contribution in [0.2, 0.25) is 5.02 Å². The summed E-state index contributed by atoms with van der Waals surface area (Å²) < 4.78 is 17.7. The lowest BCUT2D eigenvalue weighted by molar-refractivity contribution is 0.200. The van der Waals surface area contributed by atoms with Crippen LogP contribution in [0.3, 0.4) is 0 Å². The van der Waals surface area contributed by atoms with Gasteiger partial charge < -0.3 is 15.4 Å². The molecule has 0 saturated carbocycles. The highest BCUT2D eigenvalue weighted by Gasteiger charge is 1.99. The van der Waals surface area contributed by atoms with E-state index >= 15 is 0 Å². The summed E-state index contributed by atoms with van der Waals surface area (Å²) in [5.41, 5.74) is 0.819. The Morgan fingerprint density at radius 2 is 2.12 bits per heavy atom. The van der Waals surface area contributed by atoms with Gasteiger partial charge in [-0.25, -0.2) is 4.39 Å². The maximum absolute atomic E-state index is 12.8. The number of methoxy groups -OCH3 is 1. The van der Waals surface area contributed by atoms with E-state index in [1.165, 1.54) is 6.07 Å². The van der Waals surface area contributed by atoms with Crippen molar-refractivity contribution in [3.63, 3.8) is 0 Å². The number of nitrogens with one attached hydrogen (secondary N) is 2. The van der Waals surface area contributed by atoms with Gasteiger partial charge in [-0.05, 0) is 18.2 Å². The molecule has 0 atom stereocenters. The first-order chi connectivity index (χ1) is 7.74. The van der Waals surface area contributed by atoms with E-state index in [1.54, 1.807) is 19.2 Å². The van der Waals surface area contributed by atoms with Gasteiger partial charge in [0.15, 0.2) is 0 Å². The van der Waals surface area contributed by atoms with Crippen LogP contribution in [0.5, 0.6) is 0 Å². The van der Waals surface area contributed by atoms with Gasteiger partial charge in [0.2, 0.25) is 0 Å². The first kappa shape index (κ1) is 13.2. The average Bonchev–Trinajstić information content (AvgIpc) is 2.28. The lowest BCUT2D eigenvalue weighted by atomic mass is 10.3. The summed E-state index contributed by atoms with van der Waals surface area (Å²) in [7, 11) is 1.67. The Hall–Kier alpha value is -0.840. The molecule has 0 fully saturated rings. The van der Waals surface area contributed by atoms with Gasteiger partial charge in [0.1, 0.15) is 5.82 Å². The second kappa shape index (κ2) is 7.44. The van der Waals surface area contributed by atoms with E-state index in [-0.39, 0.29) is 5.02 Å². The monoisotopic (exact) mass is 246 g/mol. The van der Waals surface area contributed by atoms with Crippen LogP contribution in [0.25, 0.3) is 0 Å². The molecule has 0 unspecified atom stereocenters. The Bertz CT molecular complexity index is 323. The van der Waals surface area contributed by atoms with Crippen molar-refractivity contribution in [3.05, 3.63) is 29.0 Å². The molecule has 0 spiro atoms. The molecule has 16 heavy (non-hydrogen) atoms. The summed E-state index contributed by atoms with van der Waals surface area (Å²) in [5, 5.41) is 6.46. The third kappa shape index (κ3) is 4.79. The number of hydrogen-bond donors (Lipinski definition) is 2. The normalized spacial score (nSPS) is 10.4. The number of benzene rings is 1. The summed E-state index contributed by atoms with van der Waals surface area (Å²) >= 11 is 5.65. The number of rotatable bonds is 7. The molecule has 2 N–H and O–H groups in total. The third-order valence-corrected chi connectivity index (χ3v) is 2.32. The molecule has 0 amide bonds. The van der Waals surface area contributed by atoms with Gasteiger partial charge in [-0.1, -0.05) is 11.6 Å². The Morgan fingerprint density at radius 3 is 2.81 bits per heavy atom. The van der Waals surface area contributed by atoms with E-state index in [1.807, 2.05) is 0 Å². The zero-order valence-corrected chi connectivity index (χ0v) is 9.98. The van der Waals surface area contributed by atoms with Crippen LogP contribution >= 0.6 is 11.6 Å². The maximum atomic E-state index is 12.8. The minimum Gasteiger partial charge on any atom is -0.384 e. The van der Waals surface area contributed by atoms with Crippen LogP contribution in [0.4, 0.5) is 10.1 Å². The topological polar surface area (TPSA) is 33.3 Å². The van der Waals surface area contributed by atoms with E-state index in [4.69, 9.17) is 16.3 Å². The van der Waals surface area contributed by atoms with E-state index in [9.17, 15) is 4.39 Å². The predicted molar refractivity (Wildman–Crippen MR) is 64.6 cm³/mol. The number of halogens is 2. The summed E-state index contributed by atoms with van der Waals surface area (Å²) in [6.07, 6.45) is 0. The van der Waals surface area contributed by atoms with Crippen LogP contribution in [0.15, 0.2) is 18.2 Å². The third-order valence-electron chi connectivity index (χ3n) is 2.03. The van der Waals surface area contributed by atoms with Crippen molar-refractivity contribution < 1.29 is 9.13 Å². The molecular weight excluding hydrogens is 231 g/mol. The van der Waals surface area contributed by atoms with Crippen molar-refractivity contribution in [2.75, 3.05) is 38.7 Å². The van der Waals surface area contributed by atoms with Crippen LogP contribution in [-0.2, 0) is 4.74 Å². The van der Waals surface area contributed by atoms with E-state index in [0.717, 1.165) is 25.3 Å². The quantitative estimate of drug-likeness (QED) is 0.723. The van der Waals surface area contributed by atoms with Crippen LogP contribution in [0, 0.1) is 5.82 Å². The fourth-order valence-electron chi connectivity index (χ4n) is 1.20. The van der Waals surface area contributed by atoms with Gasteiger partial charge in [0, 0.05) is 32.4 Å². The Labute approximate surface area is 99.9 Å². The first-order valence-electron chi connectivity index (χ1n) is 5.12. The van der Waals surface area contributed by atoms with Gasteiger partial charge in [0.25, 0.3) is 0 Å². The highest BCUT2D eigenvalue weighted by atomic mass is 35.5. The minimum atomic E-state index is -0.398. The fourth-order valence-corrected chi connectivity index (χ4v) is 1.38. The molecule has 0 saturated heterocycles. The second-order valence-corrected chi connectivity index (χ2v) is 3.71. The van der Waals surface area contributed by atoms with Crippen molar-refractivity contribution in [1.82, 2.24) is 5.32 Å². The lowest BCUT2D eigenvalue weighted by Crippen LogP contribution is -2.25. The Balaban J connectivity index is 2.19. The van der Waals surface area contributed by atoms with Crippen LogP contribution in [0.1, 0.15) is 0 Å². The van der Waals surface area contributed by atoms with Crippen molar-refractivity contribution in [2.24, 2.45) is 0 Å². The lowest BCUT2D eigenvalue weighted by Gasteiger charge is -2.08. The number of hydrogen-bond acceptors (Lipinski definition) is 3. The molecular formula is C11H16ClFN2O. The predicted octanol–water partition coefficient (Wildman–Crippen LogP) is 2.13. The zero-order chi connectivity index (χ0) is 11.8. The van der Waals surface area contributed by atoms with Crippen LogP contribution in [-0.4, -0.2) is 33.4 Å². The molecule has 0 aromatic heterocycles. The fraction of sp³-hybridized carbons (Fsp3) is 0.455. The Kier molecular flexibility index (Phi) is 6.15. The highest BCUT2D eigenvalue weighted by Crippen LogP contribution is 2.18. The minimum absolute atomic E-state index is 0.136.